The van der Waals surface area contributed by atoms with E-state index in [1.807, 2.05) is 7.05 Å². The average Bonchev–Trinajstić information content (AvgIpc) is 2.64. The van der Waals surface area contributed by atoms with Crippen LogP contribution in [0.2, 0.25) is 0 Å². The van der Waals surface area contributed by atoms with E-state index < -0.39 is 0 Å². The molecule has 0 saturated heterocycles. The van der Waals surface area contributed by atoms with Crippen LogP contribution in [0.15, 0.2) is 16.5 Å². The van der Waals surface area contributed by atoms with E-state index in [0.29, 0.717) is 0 Å². The van der Waals surface area contributed by atoms with Crippen molar-refractivity contribution in [2.75, 3.05) is 7.05 Å². The number of aryl methyl sites for hydroxylation is 2. The van der Waals surface area contributed by atoms with E-state index in [-0.39, 0.29) is 11.5 Å². The molecule has 19 heavy (non-hydrogen) atoms. The summed E-state index contributed by atoms with van der Waals surface area (Å²) in [4.78, 5) is 0. The first kappa shape index (κ1) is 14.1. The Balaban J connectivity index is 2.79. The number of rotatable bonds is 2. The molecule has 0 fully saturated rings. The number of nitrogens with one attached hydrogen (secondary N) is 1. The zero-order valence-corrected chi connectivity index (χ0v) is 13.1. The third kappa shape index (κ3) is 2.42. The minimum atomic E-state index is 0.0920. The second kappa shape index (κ2) is 4.68. The summed E-state index contributed by atoms with van der Waals surface area (Å²) in [7, 11) is 1.97. The van der Waals surface area contributed by atoms with Crippen LogP contribution in [0, 0.1) is 13.8 Å². The molecule has 104 valence electrons. The first-order chi connectivity index (χ1) is 8.75. The molecule has 0 spiro atoms. The van der Waals surface area contributed by atoms with E-state index in [9.17, 15) is 0 Å². The Labute approximate surface area is 116 Å². The summed E-state index contributed by atoms with van der Waals surface area (Å²) >= 11 is 0. The van der Waals surface area contributed by atoms with Gasteiger partial charge in [-0.3, -0.25) is 0 Å². The third-order valence-electron chi connectivity index (χ3n) is 3.85. The van der Waals surface area contributed by atoms with Gasteiger partial charge in [0.25, 0.3) is 0 Å². The van der Waals surface area contributed by atoms with E-state index >= 15 is 0 Å². The number of furan rings is 1. The highest BCUT2D eigenvalue weighted by atomic mass is 16.3. The van der Waals surface area contributed by atoms with Gasteiger partial charge in [-0.2, -0.15) is 0 Å². The van der Waals surface area contributed by atoms with Crippen LogP contribution in [-0.4, -0.2) is 7.05 Å². The van der Waals surface area contributed by atoms with Crippen LogP contribution in [-0.2, 0) is 5.41 Å². The van der Waals surface area contributed by atoms with Crippen molar-refractivity contribution in [3.8, 4) is 0 Å². The Hall–Kier alpha value is -1.28. The first-order valence-corrected chi connectivity index (χ1v) is 6.97. The largest absolute Gasteiger partial charge is 0.459 e. The van der Waals surface area contributed by atoms with E-state index in [1.54, 1.807) is 0 Å². The standard InChI is InChI=1S/C17H25NO/c1-10-8-13-11(2)15(12(3)18-7)19-16(13)14(9-10)17(4,5)6/h8-9,12,18H,1-7H3. The van der Waals surface area contributed by atoms with Crippen molar-refractivity contribution in [3.63, 3.8) is 0 Å². The van der Waals surface area contributed by atoms with Gasteiger partial charge >= 0.3 is 0 Å². The molecule has 2 heteroatoms. The predicted octanol–water partition coefficient (Wildman–Crippen LogP) is 4.63. The lowest BCUT2D eigenvalue weighted by molar-refractivity contribution is 0.463. The molecule has 1 heterocycles. The molecule has 1 N–H and O–H groups in total. The van der Waals surface area contributed by atoms with Crippen LogP contribution in [0.3, 0.4) is 0 Å². The van der Waals surface area contributed by atoms with Gasteiger partial charge < -0.3 is 9.73 Å². The lowest BCUT2D eigenvalue weighted by Gasteiger charge is -2.20. The van der Waals surface area contributed by atoms with Gasteiger partial charge in [-0.15, -0.1) is 0 Å². The fourth-order valence-electron chi connectivity index (χ4n) is 2.58. The highest BCUT2D eigenvalue weighted by Gasteiger charge is 2.23. The highest BCUT2D eigenvalue weighted by Crippen LogP contribution is 2.37. The molecule has 2 rings (SSSR count). The van der Waals surface area contributed by atoms with E-state index in [2.05, 4.69) is 59.0 Å². The van der Waals surface area contributed by atoms with Crippen LogP contribution in [0.25, 0.3) is 11.0 Å². The third-order valence-corrected chi connectivity index (χ3v) is 3.85. The van der Waals surface area contributed by atoms with Crippen molar-refractivity contribution < 1.29 is 4.42 Å². The van der Waals surface area contributed by atoms with Gasteiger partial charge in [-0.25, -0.2) is 0 Å². The maximum Gasteiger partial charge on any atom is 0.138 e. The van der Waals surface area contributed by atoms with Gasteiger partial charge in [-0.1, -0.05) is 26.8 Å². The molecule has 0 saturated carbocycles. The Morgan fingerprint density at radius 1 is 1.16 bits per heavy atom. The van der Waals surface area contributed by atoms with Crippen molar-refractivity contribution in [2.24, 2.45) is 0 Å². The van der Waals surface area contributed by atoms with Gasteiger partial charge in [0.1, 0.15) is 11.3 Å². The van der Waals surface area contributed by atoms with Crippen LogP contribution in [0.1, 0.15) is 56.2 Å². The zero-order valence-electron chi connectivity index (χ0n) is 13.1. The molecule has 0 aliphatic carbocycles. The molecule has 1 aromatic carbocycles. The average molecular weight is 259 g/mol. The first-order valence-electron chi connectivity index (χ1n) is 6.97. The van der Waals surface area contributed by atoms with Gasteiger partial charge in [0, 0.05) is 10.9 Å². The fraction of sp³-hybridized carbons (Fsp3) is 0.529. The van der Waals surface area contributed by atoms with Gasteiger partial charge in [0.2, 0.25) is 0 Å². The van der Waals surface area contributed by atoms with Gasteiger partial charge in [0.15, 0.2) is 0 Å². The molecule has 0 aliphatic heterocycles. The second-order valence-corrected chi connectivity index (χ2v) is 6.54. The maximum absolute atomic E-state index is 6.20. The molecule has 2 aromatic rings. The SMILES string of the molecule is CNC(C)c1oc2c(C(C)(C)C)cc(C)cc2c1C. The second-order valence-electron chi connectivity index (χ2n) is 6.54. The van der Waals surface area contributed by atoms with Crippen molar-refractivity contribution in [2.45, 2.75) is 53.0 Å². The number of hydrogen-bond acceptors (Lipinski definition) is 2. The van der Waals surface area contributed by atoms with Crippen molar-refractivity contribution in [1.82, 2.24) is 5.32 Å². The van der Waals surface area contributed by atoms with Crippen molar-refractivity contribution in [1.29, 1.82) is 0 Å². The maximum atomic E-state index is 6.20. The molecule has 0 aliphatic rings. The molecule has 1 aromatic heterocycles. The summed E-state index contributed by atoms with van der Waals surface area (Å²) < 4.78 is 6.20. The summed E-state index contributed by atoms with van der Waals surface area (Å²) in [5.41, 5.74) is 4.98. The van der Waals surface area contributed by atoms with Crippen molar-refractivity contribution >= 4 is 11.0 Å². The summed E-state index contributed by atoms with van der Waals surface area (Å²) in [5, 5.41) is 4.51. The molecular weight excluding hydrogens is 234 g/mol. The zero-order chi connectivity index (χ0) is 14.4. The van der Waals surface area contributed by atoms with Crippen LogP contribution in [0.5, 0.6) is 0 Å². The highest BCUT2D eigenvalue weighted by molar-refractivity contribution is 5.86. The summed E-state index contributed by atoms with van der Waals surface area (Å²) in [6.07, 6.45) is 0. The fourth-order valence-corrected chi connectivity index (χ4v) is 2.58. The Kier molecular flexibility index (Phi) is 3.48. The Morgan fingerprint density at radius 2 is 1.79 bits per heavy atom. The summed E-state index contributed by atoms with van der Waals surface area (Å²) in [6.45, 7) is 13.2. The molecular formula is C17H25NO. The van der Waals surface area contributed by atoms with Crippen molar-refractivity contribution in [3.05, 3.63) is 34.6 Å². The topological polar surface area (TPSA) is 25.2 Å². The minimum absolute atomic E-state index is 0.0920. The predicted molar refractivity (Wildman–Crippen MR) is 81.9 cm³/mol. The smallest absolute Gasteiger partial charge is 0.138 e. The monoisotopic (exact) mass is 259 g/mol. The Bertz CT molecular complexity index is 602. The lowest BCUT2D eigenvalue weighted by atomic mass is 9.85. The van der Waals surface area contributed by atoms with E-state index in [4.69, 9.17) is 4.42 Å². The van der Waals surface area contributed by atoms with Gasteiger partial charge in [0.05, 0.1) is 6.04 Å². The molecule has 1 atom stereocenters. The molecule has 0 amide bonds. The molecule has 1 unspecified atom stereocenters. The summed E-state index contributed by atoms with van der Waals surface area (Å²) in [6, 6.07) is 4.72. The van der Waals surface area contributed by atoms with Crippen LogP contribution in [0.4, 0.5) is 0 Å². The normalized spacial score (nSPS) is 14.1. The van der Waals surface area contributed by atoms with Gasteiger partial charge in [-0.05, 0) is 50.4 Å². The Morgan fingerprint density at radius 3 is 2.32 bits per heavy atom. The molecule has 0 bridgehead atoms. The number of hydrogen-bond donors (Lipinski definition) is 1. The molecule has 2 nitrogen and oxygen atoms in total. The van der Waals surface area contributed by atoms with E-state index in [0.717, 1.165) is 11.3 Å². The van der Waals surface area contributed by atoms with E-state index in [1.165, 1.54) is 22.1 Å². The van der Waals surface area contributed by atoms with Crippen LogP contribution >= 0.6 is 0 Å². The minimum Gasteiger partial charge on any atom is -0.459 e. The molecule has 0 radical (unpaired) electrons. The number of fused-ring (bicyclic) bond motifs is 1. The lowest BCUT2D eigenvalue weighted by Crippen LogP contribution is -2.12. The van der Waals surface area contributed by atoms with Crippen LogP contribution < -0.4 is 5.32 Å². The number of benzene rings is 1. The quantitative estimate of drug-likeness (QED) is 0.850. The summed E-state index contributed by atoms with van der Waals surface area (Å²) in [5.74, 6) is 1.05.